The average Bonchev–Trinajstić information content (AvgIpc) is 3.28. The number of aliphatic hydroxyl groups excluding tert-OH is 1. The van der Waals surface area contributed by atoms with E-state index in [-0.39, 0.29) is 43.0 Å². The molecular weight excluding hydrogens is 535 g/mol. The Bertz CT molecular complexity index is 1250. The molecule has 218 valence electrons. The maximum Gasteiger partial charge on any atom is 0.246 e. The number of rotatable bonds is 13. The number of para-hydroxylation sites is 1. The van der Waals surface area contributed by atoms with Gasteiger partial charge in [0.05, 0.1) is 25.2 Å². The standard InChI is InChI=1S/C33H41FN2O4Si/c1-25-30(19-16-26-14-17-29(18-15-26)36(24-38)28-12-8-5-9-13-28)40-31(33(25)41(2,3)34)22-32(39)35(20-21-37)23-27-10-6-4-7-11-27/h4-15,17-18,24-25,30-31,33,37H,16,19-23H2,1-3H3/t25-,30+,31-,33+/m1/s1. The van der Waals surface area contributed by atoms with Crippen LogP contribution in [0.25, 0.3) is 0 Å². The van der Waals surface area contributed by atoms with Crippen LogP contribution in [0.1, 0.15) is 30.9 Å². The average molecular weight is 577 g/mol. The number of carbonyl (C=O) groups excluding carboxylic acids is 2. The van der Waals surface area contributed by atoms with Crippen LogP contribution >= 0.6 is 0 Å². The minimum atomic E-state index is -3.13. The van der Waals surface area contributed by atoms with Crippen LogP contribution in [0, 0.1) is 5.92 Å². The molecule has 4 rings (SSSR count). The van der Waals surface area contributed by atoms with Gasteiger partial charge in [-0.05, 0) is 67.2 Å². The molecule has 6 nitrogen and oxygen atoms in total. The van der Waals surface area contributed by atoms with E-state index >= 15 is 4.11 Å². The molecular formula is C33H41FN2O4Si. The van der Waals surface area contributed by atoms with Crippen molar-refractivity contribution < 1.29 is 23.5 Å². The van der Waals surface area contributed by atoms with E-state index in [9.17, 15) is 14.7 Å². The second-order valence-corrected chi connectivity index (χ2v) is 15.2. The van der Waals surface area contributed by atoms with Gasteiger partial charge in [0.25, 0.3) is 0 Å². The lowest BCUT2D eigenvalue weighted by atomic mass is 9.95. The zero-order chi connectivity index (χ0) is 29.4. The number of amides is 2. The molecule has 0 spiro atoms. The Kier molecular flexibility index (Phi) is 10.5. The summed E-state index contributed by atoms with van der Waals surface area (Å²) in [7, 11) is -3.13. The minimum Gasteiger partial charge on any atom is -0.395 e. The Labute approximate surface area is 243 Å². The second kappa shape index (κ2) is 14.0. The first kappa shape index (κ1) is 30.6. The lowest BCUT2D eigenvalue weighted by Gasteiger charge is -2.30. The van der Waals surface area contributed by atoms with Gasteiger partial charge >= 0.3 is 0 Å². The maximum atomic E-state index is 15.6. The molecule has 1 N–H and O–H groups in total. The van der Waals surface area contributed by atoms with Crippen molar-refractivity contribution in [3.05, 3.63) is 96.1 Å². The number of aryl methyl sites for hydroxylation is 1. The highest BCUT2D eigenvalue weighted by atomic mass is 28.4. The van der Waals surface area contributed by atoms with Crippen LogP contribution in [0.2, 0.25) is 18.6 Å². The normalized spacial score (nSPS) is 20.5. The van der Waals surface area contributed by atoms with Crippen molar-refractivity contribution in [2.24, 2.45) is 5.92 Å². The fourth-order valence-electron chi connectivity index (χ4n) is 6.09. The fraction of sp³-hybridized carbons (Fsp3) is 0.394. The molecule has 0 bridgehead atoms. The highest BCUT2D eigenvalue weighted by molar-refractivity contribution is 6.72. The molecule has 0 radical (unpaired) electrons. The van der Waals surface area contributed by atoms with Crippen molar-refractivity contribution in [1.82, 2.24) is 4.90 Å². The molecule has 1 aliphatic rings. The summed E-state index contributed by atoms with van der Waals surface area (Å²) in [6.07, 6.45) is 1.73. The second-order valence-electron chi connectivity index (χ2n) is 11.4. The van der Waals surface area contributed by atoms with E-state index in [0.29, 0.717) is 13.0 Å². The third kappa shape index (κ3) is 7.90. The molecule has 0 saturated carbocycles. The third-order valence-electron chi connectivity index (χ3n) is 8.08. The number of aliphatic hydroxyl groups is 1. The van der Waals surface area contributed by atoms with Crippen molar-refractivity contribution in [2.45, 2.75) is 63.6 Å². The highest BCUT2D eigenvalue weighted by Gasteiger charge is 2.51. The summed E-state index contributed by atoms with van der Waals surface area (Å²) in [6, 6.07) is 27.0. The molecule has 1 fully saturated rings. The summed E-state index contributed by atoms with van der Waals surface area (Å²) in [5, 5.41) is 9.59. The molecule has 3 aromatic carbocycles. The fourth-order valence-corrected chi connectivity index (χ4v) is 8.63. The Balaban J connectivity index is 1.41. The van der Waals surface area contributed by atoms with Gasteiger partial charge < -0.3 is 18.9 Å². The van der Waals surface area contributed by atoms with Crippen molar-refractivity contribution in [2.75, 3.05) is 18.1 Å². The van der Waals surface area contributed by atoms with Crippen LogP contribution in [-0.4, -0.2) is 56.1 Å². The highest BCUT2D eigenvalue weighted by Crippen LogP contribution is 2.47. The van der Waals surface area contributed by atoms with Gasteiger partial charge in [-0.25, -0.2) is 0 Å². The molecule has 0 aromatic heterocycles. The summed E-state index contributed by atoms with van der Waals surface area (Å²) < 4.78 is 22.1. The maximum absolute atomic E-state index is 15.6. The molecule has 2 amide bonds. The number of benzene rings is 3. The van der Waals surface area contributed by atoms with E-state index in [1.54, 1.807) is 22.9 Å². The molecule has 0 unspecified atom stereocenters. The summed E-state index contributed by atoms with van der Waals surface area (Å²) >= 11 is 0. The van der Waals surface area contributed by atoms with Gasteiger partial charge in [-0.2, -0.15) is 0 Å². The zero-order valence-electron chi connectivity index (χ0n) is 24.2. The number of hydrogen-bond donors (Lipinski definition) is 1. The number of hydrogen-bond acceptors (Lipinski definition) is 4. The van der Waals surface area contributed by atoms with Crippen LogP contribution in [0.15, 0.2) is 84.9 Å². The van der Waals surface area contributed by atoms with Gasteiger partial charge in [-0.15, -0.1) is 0 Å². The lowest BCUT2D eigenvalue weighted by Crippen LogP contribution is -2.40. The number of nitrogens with zero attached hydrogens (tertiary/aromatic N) is 2. The summed E-state index contributed by atoms with van der Waals surface area (Å²) in [5.74, 6) is -0.138. The predicted molar refractivity (Wildman–Crippen MR) is 163 cm³/mol. The van der Waals surface area contributed by atoms with Gasteiger partial charge in [0.1, 0.15) is 0 Å². The molecule has 1 aliphatic heterocycles. The number of halogens is 1. The van der Waals surface area contributed by atoms with Crippen molar-refractivity contribution in [3.8, 4) is 0 Å². The van der Waals surface area contributed by atoms with Crippen LogP contribution in [0.4, 0.5) is 15.5 Å². The largest absolute Gasteiger partial charge is 0.395 e. The molecule has 8 heteroatoms. The summed E-state index contributed by atoms with van der Waals surface area (Å²) in [5.41, 5.74) is 3.38. The van der Waals surface area contributed by atoms with Gasteiger partial charge in [-0.3, -0.25) is 14.5 Å². The van der Waals surface area contributed by atoms with Crippen molar-refractivity contribution >= 4 is 32.1 Å². The first-order valence-electron chi connectivity index (χ1n) is 14.4. The van der Waals surface area contributed by atoms with E-state index in [1.807, 2.05) is 84.9 Å². The number of ether oxygens (including phenoxy) is 1. The van der Waals surface area contributed by atoms with Gasteiger partial charge in [-0.1, -0.05) is 67.6 Å². The Hall–Kier alpha value is -3.33. The minimum absolute atomic E-state index is 0.0113. The van der Waals surface area contributed by atoms with Gasteiger partial charge in [0, 0.05) is 30.0 Å². The number of carbonyl (C=O) groups is 2. The van der Waals surface area contributed by atoms with E-state index in [1.165, 1.54) is 0 Å². The van der Waals surface area contributed by atoms with Gasteiger partial charge in [0.15, 0.2) is 0 Å². The third-order valence-corrected chi connectivity index (χ3v) is 10.6. The Morgan fingerprint density at radius 2 is 1.54 bits per heavy atom. The molecule has 1 saturated heterocycles. The van der Waals surface area contributed by atoms with Crippen molar-refractivity contribution in [3.63, 3.8) is 0 Å². The first-order chi connectivity index (χ1) is 19.7. The van der Waals surface area contributed by atoms with E-state index in [4.69, 9.17) is 4.74 Å². The van der Waals surface area contributed by atoms with Gasteiger partial charge in [0.2, 0.25) is 20.7 Å². The van der Waals surface area contributed by atoms with Crippen LogP contribution in [0.3, 0.4) is 0 Å². The molecule has 41 heavy (non-hydrogen) atoms. The molecule has 0 aliphatic carbocycles. The van der Waals surface area contributed by atoms with Crippen molar-refractivity contribution in [1.29, 1.82) is 0 Å². The van der Waals surface area contributed by atoms with E-state index in [2.05, 4.69) is 6.92 Å². The smallest absolute Gasteiger partial charge is 0.246 e. The SMILES string of the molecule is C[C@H]1[C@H]([Si](C)(C)F)[C@@H](CC(=O)N(CCO)Cc2ccccc2)O[C@H]1CCc1ccc(N(C=O)c2ccccc2)cc1. The topological polar surface area (TPSA) is 70.1 Å². The molecule has 3 aromatic rings. The Morgan fingerprint density at radius 1 is 0.927 bits per heavy atom. The summed E-state index contributed by atoms with van der Waals surface area (Å²) in [6.45, 7) is 5.95. The van der Waals surface area contributed by atoms with Crippen LogP contribution in [0.5, 0.6) is 0 Å². The van der Waals surface area contributed by atoms with E-state index < -0.39 is 14.5 Å². The number of anilines is 2. The molecule has 1 heterocycles. The predicted octanol–water partition coefficient (Wildman–Crippen LogP) is 6.27. The Morgan fingerprint density at radius 3 is 2.12 bits per heavy atom. The summed E-state index contributed by atoms with van der Waals surface area (Å²) in [4.78, 5) is 28.4. The van der Waals surface area contributed by atoms with Crippen LogP contribution < -0.4 is 4.90 Å². The zero-order valence-corrected chi connectivity index (χ0v) is 25.2. The quantitative estimate of drug-likeness (QED) is 0.148. The molecule has 4 atom stereocenters. The van der Waals surface area contributed by atoms with E-state index in [0.717, 1.165) is 35.3 Å². The monoisotopic (exact) mass is 576 g/mol. The lowest BCUT2D eigenvalue weighted by molar-refractivity contribution is -0.135. The van der Waals surface area contributed by atoms with Crippen LogP contribution in [-0.2, 0) is 27.3 Å². The first-order valence-corrected chi connectivity index (χ1v) is 17.3.